The minimum Gasteiger partial charge on any atom is -0.393 e. The predicted molar refractivity (Wildman–Crippen MR) is 67.7 cm³/mol. The predicted octanol–water partition coefficient (Wildman–Crippen LogP) is 3.66. The van der Waals surface area contributed by atoms with Crippen molar-refractivity contribution in [3.05, 3.63) is 35.4 Å². The number of unbranched alkanes of at least 4 members (excludes halogenated alkanes) is 2. The minimum absolute atomic E-state index is 0.0927. The molecule has 2 atom stereocenters. The van der Waals surface area contributed by atoms with Gasteiger partial charge in [-0.1, -0.05) is 50.5 Å². The third-order valence-electron chi connectivity index (χ3n) is 3.66. The summed E-state index contributed by atoms with van der Waals surface area (Å²) in [7, 11) is 0. The van der Waals surface area contributed by atoms with Gasteiger partial charge in [-0.2, -0.15) is 0 Å². The van der Waals surface area contributed by atoms with Crippen LogP contribution in [0.25, 0.3) is 0 Å². The summed E-state index contributed by atoms with van der Waals surface area (Å²) in [4.78, 5) is 0. The Morgan fingerprint density at radius 3 is 2.88 bits per heavy atom. The minimum atomic E-state index is -0.0927. The van der Waals surface area contributed by atoms with E-state index in [1.54, 1.807) is 0 Å². The molecule has 16 heavy (non-hydrogen) atoms. The number of aliphatic hydroxyl groups excluding tert-OH is 1. The van der Waals surface area contributed by atoms with E-state index in [-0.39, 0.29) is 6.10 Å². The van der Waals surface area contributed by atoms with Gasteiger partial charge in [0.15, 0.2) is 0 Å². The van der Waals surface area contributed by atoms with Crippen LogP contribution >= 0.6 is 0 Å². The molecule has 2 unspecified atom stereocenters. The summed E-state index contributed by atoms with van der Waals surface area (Å²) in [5.74, 6) is 0.618. The fourth-order valence-electron chi connectivity index (χ4n) is 2.65. The van der Waals surface area contributed by atoms with Crippen LogP contribution in [0.5, 0.6) is 0 Å². The lowest BCUT2D eigenvalue weighted by Gasteiger charge is -2.31. The van der Waals surface area contributed by atoms with Gasteiger partial charge < -0.3 is 5.11 Å². The summed E-state index contributed by atoms with van der Waals surface area (Å²) in [6, 6.07) is 8.62. The van der Waals surface area contributed by atoms with Crippen molar-refractivity contribution in [1.82, 2.24) is 0 Å². The van der Waals surface area contributed by atoms with Crippen LogP contribution in [-0.4, -0.2) is 11.2 Å². The largest absolute Gasteiger partial charge is 0.393 e. The molecule has 1 nitrogen and oxygen atoms in total. The SMILES string of the molecule is CCCCCC(O)CC1Cc2ccccc21. The first kappa shape index (κ1) is 11.7. The Balaban J connectivity index is 1.76. The van der Waals surface area contributed by atoms with Crippen LogP contribution in [0.3, 0.4) is 0 Å². The molecule has 0 saturated carbocycles. The Hall–Kier alpha value is -0.820. The van der Waals surface area contributed by atoms with Gasteiger partial charge in [0, 0.05) is 0 Å². The molecule has 0 saturated heterocycles. The van der Waals surface area contributed by atoms with E-state index in [4.69, 9.17) is 0 Å². The van der Waals surface area contributed by atoms with E-state index in [1.165, 1.54) is 36.8 Å². The molecule has 0 fully saturated rings. The van der Waals surface area contributed by atoms with Crippen LogP contribution in [0.4, 0.5) is 0 Å². The van der Waals surface area contributed by atoms with Gasteiger partial charge in [0.2, 0.25) is 0 Å². The molecule has 0 aliphatic heterocycles. The molecule has 1 aliphatic rings. The van der Waals surface area contributed by atoms with Crippen molar-refractivity contribution in [3.8, 4) is 0 Å². The van der Waals surface area contributed by atoms with Crippen molar-refractivity contribution in [2.75, 3.05) is 0 Å². The van der Waals surface area contributed by atoms with Gasteiger partial charge in [-0.05, 0) is 36.3 Å². The Labute approximate surface area is 98.5 Å². The van der Waals surface area contributed by atoms with Crippen LogP contribution in [0.2, 0.25) is 0 Å². The summed E-state index contributed by atoms with van der Waals surface area (Å²) in [6.45, 7) is 2.20. The topological polar surface area (TPSA) is 20.2 Å². The Bertz CT molecular complexity index is 332. The zero-order valence-corrected chi connectivity index (χ0v) is 10.2. The smallest absolute Gasteiger partial charge is 0.0546 e. The third kappa shape index (κ3) is 2.65. The molecular formula is C15H22O. The Morgan fingerprint density at radius 2 is 2.12 bits per heavy atom. The van der Waals surface area contributed by atoms with Crippen molar-refractivity contribution < 1.29 is 5.11 Å². The summed E-state index contributed by atoms with van der Waals surface area (Å²) in [5, 5.41) is 9.94. The first-order chi connectivity index (χ1) is 7.81. The third-order valence-corrected chi connectivity index (χ3v) is 3.66. The van der Waals surface area contributed by atoms with Crippen LogP contribution < -0.4 is 0 Å². The Morgan fingerprint density at radius 1 is 1.31 bits per heavy atom. The van der Waals surface area contributed by atoms with Crippen molar-refractivity contribution in [3.63, 3.8) is 0 Å². The fourth-order valence-corrected chi connectivity index (χ4v) is 2.65. The van der Waals surface area contributed by atoms with E-state index in [0.29, 0.717) is 5.92 Å². The second-order valence-corrected chi connectivity index (χ2v) is 4.99. The van der Waals surface area contributed by atoms with E-state index < -0.39 is 0 Å². The standard InChI is InChI=1S/C15H22O/c1-2-3-4-8-14(16)11-13-10-12-7-5-6-9-15(12)13/h5-7,9,13-14,16H,2-4,8,10-11H2,1H3. The van der Waals surface area contributed by atoms with Gasteiger partial charge in [-0.3, -0.25) is 0 Å². The summed E-state index contributed by atoms with van der Waals surface area (Å²) < 4.78 is 0. The molecule has 0 amide bonds. The molecular weight excluding hydrogens is 196 g/mol. The number of rotatable bonds is 6. The van der Waals surface area contributed by atoms with Crippen LogP contribution in [0, 0.1) is 0 Å². The fraction of sp³-hybridized carbons (Fsp3) is 0.600. The molecule has 1 aromatic rings. The van der Waals surface area contributed by atoms with E-state index in [2.05, 4.69) is 31.2 Å². The molecule has 1 aromatic carbocycles. The second kappa shape index (κ2) is 5.49. The van der Waals surface area contributed by atoms with Gasteiger partial charge in [0.05, 0.1) is 6.10 Å². The molecule has 2 rings (SSSR count). The van der Waals surface area contributed by atoms with Gasteiger partial charge in [0.25, 0.3) is 0 Å². The molecule has 88 valence electrons. The van der Waals surface area contributed by atoms with Crippen molar-refractivity contribution >= 4 is 0 Å². The van der Waals surface area contributed by atoms with E-state index in [0.717, 1.165) is 12.8 Å². The number of fused-ring (bicyclic) bond motifs is 1. The normalized spacial score (nSPS) is 20.0. The number of aliphatic hydroxyl groups is 1. The highest BCUT2D eigenvalue weighted by Crippen LogP contribution is 2.38. The zero-order chi connectivity index (χ0) is 11.4. The second-order valence-electron chi connectivity index (χ2n) is 4.99. The van der Waals surface area contributed by atoms with Crippen molar-refractivity contribution in [1.29, 1.82) is 0 Å². The first-order valence-corrected chi connectivity index (χ1v) is 6.57. The summed E-state index contributed by atoms with van der Waals surface area (Å²) in [5.41, 5.74) is 2.95. The molecule has 0 bridgehead atoms. The maximum atomic E-state index is 9.94. The molecule has 0 heterocycles. The molecule has 0 spiro atoms. The lowest BCUT2D eigenvalue weighted by molar-refractivity contribution is 0.138. The molecule has 1 N–H and O–H groups in total. The number of hydrogen-bond acceptors (Lipinski definition) is 1. The molecule has 1 aliphatic carbocycles. The molecule has 0 aromatic heterocycles. The van der Waals surface area contributed by atoms with Crippen LogP contribution in [-0.2, 0) is 6.42 Å². The van der Waals surface area contributed by atoms with Gasteiger partial charge in [-0.15, -0.1) is 0 Å². The zero-order valence-electron chi connectivity index (χ0n) is 10.2. The average Bonchev–Trinajstić information content (AvgIpc) is 2.26. The monoisotopic (exact) mass is 218 g/mol. The average molecular weight is 218 g/mol. The first-order valence-electron chi connectivity index (χ1n) is 6.57. The van der Waals surface area contributed by atoms with Crippen molar-refractivity contribution in [2.45, 2.75) is 57.5 Å². The van der Waals surface area contributed by atoms with Crippen molar-refractivity contribution in [2.24, 2.45) is 0 Å². The van der Waals surface area contributed by atoms with Gasteiger partial charge in [-0.25, -0.2) is 0 Å². The summed E-state index contributed by atoms with van der Waals surface area (Å²) >= 11 is 0. The lowest BCUT2D eigenvalue weighted by Crippen LogP contribution is -2.22. The highest BCUT2D eigenvalue weighted by Gasteiger charge is 2.26. The van der Waals surface area contributed by atoms with Crippen LogP contribution in [0.1, 0.15) is 56.1 Å². The lowest BCUT2D eigenvalue weighted by atomic mass is 9.74. The van der Waals surface area contributed by atoms with Gasteiger partial charge in [0.1, 0.15) is 0 Å². The number of benzene rings is 1. The van der Waals surface area contributed by atoms with Gasteiger partial charge >= 0.3 is 0 Å². The number of hydrogen-bond donors (Lipinski definition) is 1. The highest BCUT2D eigenvalue weighted by molar-refractivity contribution is 5.39. The molecule has 0 radical (unpaired) electrons. The van der Waals surface area contributed by atoms with E-state index in [1.807, 2.05) is 0 Å². The quantitative estimate of drug-likeness (QED) is 0.722. The van der Waals surface area contributed by atoms with E-state index >= 15 is 0 Å². The van der Waals surface area contributed by atoms with Crippen LogP contribution in [0.15, 0.2) is 24.3 Å². The maximum absolute atomic E-state index is 9.94. The molecule has 1 heteroatoms. The Kier molecular flexibility index (Phi) is 4.00. The summed E-state index contributed by atoms with van der Waals surface area (Å²) in [6.07, 6.45) is 6.67. The maximum Gasteiger partial charge on any atom is 0.0546 e. The highest BCUT2D eigenvalue weighted by atomic mass is 16.3. The van der Waals surface area contributed by atoms with E-state index in [9.17, 15) is 5.11 Å².